The van der Waals surface area contributed by atoms with E-state index in [0.29, 0.717) is 25.1 Å². The van der Waals surface area contributed by atoms with Crippen molar-refractivity contribution >= 4 is 29.5 Å². The first kappa shape index (κ1) is 14.7. The van der Waals surface area contributed by atoms with Crippen molar-refractivity contribution in [3.8, 4) is 0 Å². The lowest BCUT2D eigenvalue weighted by Gasteiger charge is -2.29. The Morgan fingerprint density at radius 2 is 2.19 bits per heavy atom. The Morgan fingerprint density at radius 1 is 1.43 bits per heavy atom. The van der Waals surface area contributed by atoms with Crippen molar-refractivity contribution in [1.29, 1.82) is 0 Å². The zero-order valence-electron chi connectivity index (χ0n) is 12.3. The van der Waals surface area contributed by atoms with Crippen LogP contribution in [0.4, 0.5) is 0 Å². The average Bonchev–Trinajstić information content (AvgIpc) is 3.03. The van der Waals surface area contributed by atoms with E-state index in [2.05, 4.69) is 0 Å². The number of ether oxygens (including phenoxy) is 1. The third kappa shape index (κ3) is 2.52. The first-order valence-electron chi connectivity index (χ1n) is 7.27. The van der Waals surface area contributed by atoms with Crippen molar-refractivity contribution in [2.45, 2.75) is 37.1 Å². The molecule has 0 radical (unpaired) electrons. The summed E-state index contributed by atoms with van der Waals surface area (Å²) in [4.78, 5) is 38.8. The van der Waals surface area contributed by atoms with Crippen molar-refractivity contribution in [1.82, 2.24) is 9.80 Å². The summed E-state index contributed by atoms with van der Waals surface area (Å²) < 4.78 is 5.38. The van der Waals surface area contributed by atoms with E-state index in [1.165, 1.54) is 0 Å². The highest BCUT2D eigenvalue weighted by molar-refractivity contribution is 8.01. The van der Waals surface area contributed by atoms with Crippen LogP contribution >= 0.6 is 11.8 Å². The average molecular weight is 312 g/mol. The van der Waals surface area contributed by atoms with Crippen LogP contribution in [-0.2, 0) is 19.1 Å². The summed E-state index contributed by atoms with van der Waals surface area (Å²) in [6.07, 6.45) is 1.74. The van der Waals surface area contributed by atoms with Gasteiger partial charge in [-0.3, -0.25) is 9.59 Å². The molecule has 3 aliphatic heterocycles. The van der Waals surface area contributed by atoms with E-state index >= 15 is 0 Å². The fourth-order valence-electron chi connectivity index (χ4n) is 3.36. The highest BCUT2D eigenvalue weighted by Crippen LogP contribution is 2.47. The molecule has 3 atom stereocenters. The smallest absolute Gasteiger partial charge is 0.329 e. The zero-order valence-corrected chi connectivity index (χ0v) is 13.1. The maximum absolute atomic E-state index is 12.3. The van der Waals surface area contributed by atoms with E-state index in [1.54, 1.807) is 28.6 Å². The molecule has 3 fully saturated rings. The summed E-state index contributed by atoms with van der Waals surface area (Å²) in [6.45, 7) is 2.90. The predicted octanol–water partition coefficient (Wildman–Crippen LogP) is 0.462. The first-order valence-corrected chi connectivity index (χ1v) is 8.26. The largest absolute Gasteiger partial charge is 0.464 e. The zero-order chi connectivity index (χ0) is 15.2. The Hall–Kier alpha value is -1.24. The minimum absolute atomic E-state index is 0.0419. The van der Waals surface area contributed by atoms with Gasteiger partial charge < -0.3 is 14.5 Å². The van der Waals surface area contributed by atoms with Crippen LogP contribution in [0.5, 0.6) is 0 Å². The number of esters is 1. The van der Waals surface area contributed by atoms with E-state index in [9.17, 15) is 14.4 Å². The van der Waals surface area contributed by atoms with E-state index in [4.69, 9.17) is 4.74 Å². The maximum Gasteiger partial charge on any atom is 0.329 e. The molecule has 0 aromatic rings. The fourth-order valence-corrected chi connectivity index (χ4v) is 4.78. The Balaban J connectivity index is 1.57. The lowest BCUT2D eigenvalue weighted by atomic mass is 10.1. The standard InChI is InChI=1S/C14H20N2O4S/c1-14-4-3-11(17)16(14)10(8-21-14)13(19)20-7-9-5-12(18)15(2)6-9/h9-10H,3-8H2,1-2H3/t9-,10+,14-/m1/s1. The molecule has 0 saturated carbocycles. The molecule has 0 aromatic heterocycles. The van der Waals surface area contributed by atoms with Gasteiger partial charge in [-0.1, -0.05) is 0 Å². The normalized spacial score (nSPS) is 35.5. The Labute approximate surface area is 128 Å². The van der Waals surface area contributed by atoms with Crippen molar-refractivity contribution in [2.75, 3.05) is 26.0 Å². The molecule has 0 bridgehead atoms. The second kappa shape index (κ2) is 5.19. The van der Waals surface area contributed by atoms with Gasteiger partial charge in [0.2, 0.25) is 11.8 Å². The molecule has 3 aliphatic rings. The number of rotatable bonds is 3. The van der Waals surface area contributed by atoms with E-state index < -0.39 is 6.04 Å². The second-order valence-corrected chi connectivity index (χ2v) is 7.74. The van der Waals surface area contributed by atoms with Gasteiger partial charge in [0, 0.05) is 38.1 Å². The third-order valence-electron chi connectivity index (χ3n) is 4.60. The van der Waals surface area contributed by atoms with Gasteiger partial charge in [0.25, 0.3) is 0 Å². The summed E-state index contributed by atoms with van der Waals surface area (Å²) in [7, 11) is 1.76. The van der Waals surface area contributed by atoms with Crippen molar-refractivity contribution in [3.05, 3.63) is 0 Å². The number of likely N-dealkylation sites (tertiary alicyclic amines) is 1. The molecule has 0 unspecified atom stereocenters. The monoisotopic (exact) mass is 312 g/mol. The van der Waals surface area contributed by atoms with Gasteiger partial charge in [-0.2, -0.15) is 0 Å². The van der Waals surface area contributed by atoms with Crippen molar-refractivity contribution in [2.24, 2.45) is 5.92 Å². The third-order valence-corrected chi connectivity index (χ3v) is 6.10. The van der Waals surface area contributed by atoms with Crippen molar-refractivity contribution < 1.29 is 19.1 Å². The van der Waals surface area contributed by atoms with Crippen LogP contribution in [0.25, 0.3) is 0 Å². The Bertz CT molecular complexity index is 497. The molecule has 116 valence electrons. The van der Waals surface area contributed by atoms with Crippen LogP contribution in [0, 0.1) is 5.92 Å². The van der Waals surface area contributed by atoms with Crippen LogP contribution < -0.4 is 0 Å². The predicted molar refractivity (Wildman–Crippen MR) is 77.4 cm³/mol. The molecule has 0 spiro atoms. The number of nitrogens with zero attached hydrogens (tertiary/aromatic N) is 2. The van der Waals surface area contributed by atoms with Crippen LogP contribution in [0.15, 0.2) is 0 Å². The van der Waals surface area contributed by atoms with Gasteiger partial charge >= 0.3 is 5.97 Å². The molecule has 6 nitrogen and oxygen atoms in total. The molecule has 0 N–H and O–H groups in total. The molecule has 3 saturated heterocycles. The highest BCUT2D eigenvalue weighted by atomic mass is 32.2. The number of fused-ring (bicyclic) bond motifs is 1. The van der Waals surface area contributed by atoms with E-state index in [0.717, 1.165) is 6.42 Å². The summed E-state index contributed by atoms with van der Waals surface area (Å²) in [5, 5.41) is 0. The van der Waals surface area contributed by atoms with Crippen LogP contribution in [0.3, 0.4) is 0 Å². The van der Waals surface area contributed by atoms with Crippen molar-refractivity contribution in [3.63, 3.8) is 0 Å². The maximum atomic E-state index is 12.3. The van der Waals surface area contributed by atoms with Gasteiger partial charge in [0.1, 0.15) is 6.04 Å². The number of thioether (sulfide) groups is 1. The van der Waals surface area contributed by atoms with Gasteiger partial charge in [0.05, 0.1) is 11.5 Å². The number of carbonyl (C=O) groups is 3. The molecular weight excluding hydrogens is 292 g/mol. The number of amides is 2. The Morgan fingerprint density at radius 3 is 2.86 bits per heavy atom. The fraction of sp³-hybridized carbons (Fsp3) is 0.786. The quantitative estimate of drug-likeness (QED) is 0.708. The van der Waals surface area contributed by atoms with Gasteiger partial charge in [-0.15, -0.1) is 11.8 Å². The van der Waals surface area contributed by atoms with E-state index in [-0.39, 0.29) is 35.2 Å². The summed E-state index contributed by atoms with van der Waals surface area (Å²) >= 11 is 1.66. The second-order valence-electron chi connectivity index (χ2n) is 6.24. The summed E-state index contributed by atoms with van der Waals surface area (Å²) in [5.74, 6) is 0.476. The molecule has 3 rings (SSSR count). The SMILES string of the molecule is CN1C[C@H](COC(=O)[C@@H]2CS[C@]3(C)CCC(=O)N23)CC1=O. The summed E-state index contributed by atoms with van der Waals surface area (Å²) in [5.41, 5.74) is 0. The van der Waals surface area contributed by atoms with Crippen LogP contribution in [-0.4, -0.2) is 64.4 Å². The molecule has 3 heterocycles. The minimum Gasteiger partial charge on any atom is -0.464 e. The summed E-state index contributed by atoms with van der Waals surface area (Å²) in [6, 6.07) is -0.468. The number of hydrogen-bond donors (Lipinski definition) is 0. The van der Waals surface area contributed by atoms with Gasteiger partial charge in [-0.25, -0.2) is 4.79 Å². The number of carbonyl (C=O) groups excluding carboxylic acids is 3. The molecule has 0 aromatic carbocycles. The molecule has 7 heteroatoms. The first-order chi connectivity index (χ1) is 9.90. The highest BCUT2D eigenvalue weighted by Gasteiger charge is 2.53. The van der Waals surface area contributed by atoms with Gasteiger partial charge in [0.15, 0.2) is 0 Å². The van der Waals surface area contributed by atoms with Crippen LogP contribution in [0.1, 0.15) is 26.2 Å². The lowest BCUT2D eigenvalue weighted by molar-refractivity contribution is -0.154. The molecule has 2 amide bonds. The molecule has 0 aliphatic carbocycles. The lowest BCUT2D eigenvalue weighted by Crippen LogP contribution is -2.46. The van der Waals surface area contributed by atoms with Gasteiger partial charge in [-0.05, 0) is 13.3 Å². The minimum atomic E-state index is -0.468. The molecule has 21 heavy (non-hydrogen) atoms. The molecular formula is C14H20N2O4S. The van der Waals surface area contributed by atoms with E-state index in [1.807, 2.05) is 6.92 Å². The number of hydrogen-bond acceptors (Lipinski definition) is 5. The topological polar surface area (TPSA) is 66.9 Å². The van der Waals surface area contributed by atoms with Crippen LogP contribution in [0.2, 0.25) is 0 Å². The Kier molecular flexibility index (Phi) is 3.63.